The van der Waals surface area contributed by atoms with Crippen molar-refractivity contribution < 1.29 is 9.21 Å². The standard InChI is InChI=1S/C25H24N2O2/c1-5-18-9-11-19(12-10-18)24(28)26-21-8-6-7-20(17(21)4)25-27-22-14-15(2)13-16(3)23(22)29-25/h6-14H,5H2,1-4H3,(H,26,28). The zero-order valence-electron chi connectivity index (χ0n) is 17.2. The van der Waals surface area contributed by atoms with Crippen molar-refractivity contribution in [1.29, 1.82) is 0 Å². The first-order chi connectivity index (χ1) is 14.0. The summed E-state index contributed by atoms with van der Waals surface area (Å²) in [6, 6.07) is 17.6. The molecule has 3 aromatic carbocycles. The summed E-state index contributed by atoms with van der Waals surface area (Å²) in [6.45, 7) is 8.14. The van der Waals surface area contributed by atoms with E-state index in [1.54, 1.807) is 0 Å². The zero-order chi connectivity index (χ0) is 20.5. The highest BCUT2D eigenvalue weighted by Crippen LogP contribution is 2.32. The van der Waals surface area contributed by atoms with Gasteiger partial charge in [0, 0.05) is 16.8 Å². The van der Waals surface area contributed by atoms with Gasteiger partial charge in [0.25, 0.3) is 5.91 Å². The maximum atomic E-state index is 12.7. The predicted molar refractivity (Wildman–Crippen MR) is 117 cm³/mol. The molecular weight excluding hydrogens is 360 g/mol. The number of hydrogen-bond acceptors (Lipinski definition) is 3. The van der Waals surface area contributed by atoms with Crippen LogP contribution in [0, 0.1) is 20.8 Å². The molecule has 146 valence electrons. The molecule has 4 heteroatoms. The van der Waals surface area contributed by atoms with Crippen LogP contribution in [-0.4, -0.2) is 10.9 Å². The summed E-state index contributed by atoms with van der Waals surface area (Å²) in [7, 11) is 0. The largest absolute Gasteiger partial charge is 0.436 e. The number of aromatic nitrogens is 1. The Morgan fingerprint density at radius 3 is 2.52 bits per heavy atom. The molecule has 0 aliphatic carbocycles. The minimum atomic E-state index is -0.128. The average Bonchev–Trinajstić information content (AvgIpc) is 3.13. The highest BCUT2D eigenvalue weighted by Gasteiger charge is 2.16. The van der Waals surface area contributed by atoms with Gasteiger partial charge in [-0.25, -0.2) is 4.98 Å². The number of rotatable bonds is 4. The molecule has 4 aromatic rings. The minimum Gasteiger partial charge on any atom is -0.436 e. The second-order valence-electron chi connectivity index (χ2n) is 7.43. The first kappa shape index (κ1) is 18.9. The highest BCUT2D eigenvalue weighted by molar-refractivity contribution is 6.05. The Balaban J connectivity index is 1.67. The molecule has 0 radical (unpaired) electrons. The van der Waals surface area contributed by atoms with E-state index in [1.165, 1.54) is 5.56 Å². The Labute approximate surface area is 170 Å². The molecule has 0 bridgehead atoms. The van der Waals surface area contributed by atoms with Crippen molar-refractivity contribution in [2.24, 2.45) is 0 Å². The fourth-order valence-electron chi connectivity index (χ4n) is 3.58. The van der Waals surface area contributed by atoms with Crippen LogP contribution in [0.25, 0.3) is 22.6 Å². The number of oxazole rings is 1. The highest BCUT2D eigenvalue weighted by atomic mass is 16.3. The fraction of sp³-hybridized carbons (Fsp3) is 0.200. The SMILES string of the molecule is CCc1ccc(C(=O)Nc2cccc(-c3nc4cc(C)cc(C)c4o3)c2C)cc1. The van der Waals surface area contributed by atoms with E-state index in [2.05, 4.69) is 30.2 Å². The number of fused-ring (bicyclic) bond motifs is 1. The summed E-state index contributed by atoms with van der Waals surface area (Å²) in [5.74, 6) is 0.437. The number of aryl methyl sites for hydroxylation is 3. The molecule has 0 spiro atoms. The lowest BCUT2D eigenvalue weighted by Crippen LogP contribution is -2.13. The van der Waals surface area contributed by atoms with Crippen LogP contribution in [-0.2, 0) is 6.42 Å². The molecule has 4 nitrogen and oxygen atoms in total. The van der Waals surface area contributed by atoms with Crippen LogP contribution in [0.5, 0.6) is 0 Å². The predicted octanol–water partition coefficient (Wildman–Crippen LogP) is 6.23. The Kier molecular flexibility index (Phi) is 4.93. The lowest BCUT2D eigenvalue weighted by atomic mass is 10.1. The molecule has 1 aromatic heterocycles. The summed E-state index contributed by atoms with van der Waals surface area (Å²) in [4.78, 5) is 17.4. The van der Waals surface area contributed by atoms with Gasteiger partial charge in [-0.15, -0.1) is 0 Å². The number of carbonyl (C=O) groups excluding carboxylic acids is 1. The monoisotopic (exact) mass is 384 g/mol. The van der Waals surface area contributed by atoms with Crippen molar-refractivity contribution >= 4 is 22.7 Å². The fourth-order valence-corrected chi connectivity index (χ4v) is 3.58. The third kappa shape index (κ3) is 3.66. The van der Waals surface area contributed by atoms with Gasteiger partial charge >= 0.3 is 0 Å². The molecule has 1 heterocycles. The number of anilines is 1. The van der Waals surface area contributed by atoms with Gasteiger partial charge in [0.1, 0.15) is 5.52 Å². The third-order valence-corrected chi connectivity index (χ3v) is 5.26. The first-order valence-corrected chi connectivity index (χ1v) is 9.84. The Hall–Kier alpha value is -3.40. The third-order valence-electron chi connectivity index (χ3n) is 5.26. The van der Waals surface area contributed by atoms with Gasteiger partial charge in [-0.2, -0.15) is 0 Å². The number of benzene rings is 3. The van der Waals surface area contributed by atoms with Gasteiger partial charge in [-0.1, -0.05) is 31.2 Å². The van der Waals surface area contributed by atoms with Crippen molar-refractivity contribution in [1.82, 2.24) is 4.98 Å². The zero-order valence-corrected chi connectivity index (χ0v) is 17.2. The molecule has 0 aliphatic heterocycles. The van der Waals surface area contributed by atoms with Crippen LogP contribution in [0.2, 0.25) is 0 Å². The van der Waals surface area contributed by atoms with Gasteiger partial charge in [0.15, 0.2) is 5.58 Å². The van der Waals surface area contributed by atoms with E-state index in [9.17, 15) is 4.79 Å². The summed E-state index contributed by atoms with van der Waals surface area (Å²) in [5.41, 5.74) is 8.27. The molecule has 0 unspecified atom stereocenters. The van der Waals surface area contributed by atoms with Gasteiger partial charge in [-0.3, -0.25) is 4.79 Å². The topological polar surface area (TPSA) is 55.1 Å². The molecule has 4 rings (SSSR count). The van der Waals surface area contributed by atoms with Crippen LogP contribution in [0.1, 0.15) is 39.5 Å². The smallest absolute Gasteiger partial charge is 0.255 e. The van der Waals surface area contributed by atoms with Gasteiger partial charge in [0.2, 0.25) is 5.89 Å². The lowest BCUT2D eigenvalue weighted by molar-refractivity contribution is 0.102. The van der Waals surface area contributed by atoms with Gasteiger partial charge in [0.05, 0.1) is 0 Å². The number of hydrogen-bond donors (Lipinski definition) is 1. The quantitative estimate of drug-likeness (QED) is 0.453. The van der Waals surface area contributed by atoms with Crippen LogP contribution in [0.3, 0.4) is 0 Å². The molecular formula is C25H24N2O2. The summed E-state index contributed by atoms with van der Waals surface area (Å²) in [6.07, 6.45) is 0.951. The van der Waals surface area contributed by atoms with E-state index in [0.717, 1.165) is 45.5 Å². The van der Waals surface area contributed by atoms with E-state index in [0.29, 0.717) is 11.5 Å². The van der Waals surface area contributed by atoms with Crippen molar-refractivity contribution in [2.75, 3.05) is 5.32 Å². The number of amides is 1. The van der Waals surface area contributed by atoms with E-state index in [-0.39, 0.29) is 5.91 Å². The molecule has 0 saturated heterocycles. The molecule has 0 atom stereocenters. The first-order valence-electron chi connectivity index (χ1n) is 9.84. The molecule has 1 amide bonds. The Morgan fingerprint density at radius 1 is 1.03 bits per heavy atom. The second-order valence-corrected chi connectivity index (χ2v) is 7.43. The number of nitrogens with zero attached hydrogens (tertiary/aromatic N) is 1. The molecule has 1 N–H and O–H groups in total. The van der Waals surface area contributed by atoms with E-state index in [1.807, 2.05) is 62.4 Å². The molecule has 0 fully saturated rings. The molecule has 0 saturated carbocycles. The van der Waals surface area contributed by atoms with E-state index >= 15 is 0 Å². The van der Waals surface area contributed by atoms with Crippen molar-refractivity contribution in [3.05, 3.63) is 82.4 Å². The van der Waals surface area contributed by atoms with Crippen molar-refractivity contribution in [2.45, 2.75) is 34.1 Å². The van der Waals surface area contributed by atoms with E-state index < -0.39 is 0 Å². The van der Waals surface area contributed by atoms with Crippen molar-refractivity contribution in [3.63, 3.8) is 0 Å². The lowest BCUT2D eigenvalue weighted by Gasteiger charge is -2.11. The second kappa shape index (κ2) is 7.55. The van der Waals surface area contributed by atoms with Crippen molar-refractivity contribution in [3.8, 4) is 11.5 Å². The van der Waals surface area contributed by atoms with Gasteiger partial charge in [-0.05, 0) is 79.8 Å². The maximum absolute atomic E-state index is 12.7. The van der Waals surface area contributed by atoms with Crippen LogP contribution in [0.4, 0.5) is 5.69 Å². The summed E-state index contributed by atoms with van der Waals surface area (Å²) >= 11 is 0. The molecule has 29 heavy (non-hydrogen) atoms. The van der Waals surface area contributed by atoms with Crippen LogP contribution >= 0.6 is 0 Å². The molecule has 0 aliphatic rings. The maximum Gasteiger partial charge on any atom is 0.255 e. The van der Waals surface area contributed by atoms with Gasteiger partial charge < -0.3 is 9.73 Å². The van der Waals surface area contributed by atoms with Crippen LogP contribution < -0.4 is 5.32 Å². The minimum absolute atomic E-state index is 0.128. The Morgan fingerprint density at radius 2 is 1.79 bits per heavy atom. The van der Waals surface area contributed by atoms with E-state index in [4.69, 9.17) is 4.42 Å². The average molecular weight is 384 g/mol. The summed E-state index contributed by atoms with van der Waals surface area (Å²) < 4.78 is 6.07. The number of nitrogens with one attached hydrogen (secondary N) is 1. The summed E-state index contributed by atoms with van der Waals surface area (Å²) in [5, 5.41) is 3.02. The Bertz CT molecular complexity index is 1200. The van der Waals surface area contributed by atoms with Crippen LogP contribution in [0.15, 0.2) is 59.0 Å². The normalized spacial score (nSPS) is 11.0. The number of carbonyl (C=O) groups is 1.